The molecule has 1 aliphatic rings. The SMILES string of the molecule is CC(C)(C)N/N=C/c1ccccc1-c1cccc2c1Cc1ccccc1-2. The van der Waals surface area contributed by atoms with E-state index in [1.54, 1.807) is 0 Å². The molecule has 2 heteroatoms. The second-order valence-electron chi connectivity index (χ2n) is 7.87. The second kappa shape index (κ2) is 6.45. The molecule has 0 saturated carbocycles. The first kappa shape index (κ1) is 16.6. The zero-order chi connectivity index (χ0) is 18.1. The van der Waals surface area contributed by atoms with E-state index < -0.39 is 0 Å². The molecule has 3 aromatic carbocycles. The number of hydrogen-bond donors (Lipinski definition) is 1. The van der Waals surface area contributed by atoms with Crippen LogP contribution in [0.4, 0.5) is 0 Å². The minimum Gasteiger partial charge on any atom is -0.305 e. The maximum Gasteiger partial charge on any atom is 0.0546 e. The van der Waals surface area contributed by atoms with Crippen LogP contribution in [-0.4, -0.2) is 11.8 Å². The lowest BCUT2D eigenvalue weighted by molar-refractivity contribution is 0.442. The lowest BCUT2D eigenvalue weighted by Gasteiger charge is -2.17. The van der Waals surface area contributed by atoms with E-state index in [-0.39, 0.29) is 5.54 Å². The van der Waals surface area contributed by atoms with E-state index in [2.05, 4.69) is 98.0 Å². The van der Waals surface area contributed by atoms with Gasteiger partial charge in [0, 0.05) is 11.1 Å². The van der Waals surface area contributed by atoms with Gasteiger partial charge in [0.25, 0.3) is 0 Å². The molecule has 0 bridgehead atoms. The molecule has 0 spiro atoms. The van der Waals surface area contributed by atoms with Gasteiger partial charge >= 0.3 is 0 Å². The van der Waals surface area contributed by atoms with Gasteiger partial charge in [-0.25, -0.2) is 0 Å². The minimum atomic E-state index is -0.0406. The number of hydrogen-bond acceptors (Lipinski definition) is 2. The van der Waals surface area contributed by atoms with Gasteiger partial charge < -0.3 is 5.43 Å². The Morgan fingerprint density at radius 1 is 0.769 bits per heavy atom. The van der Waals surface area contributed by atoms with Crippen LogP contribution in [0.5, 0.6) is 0 Å². The zero-order valence-corrected chi connectivity index (χ0v) is 15.6. The Morgan fingerprint density at radius 3 is 2.15 bits per heavy atom. The van der Waals surface area contributed by atoms with Crippen LogP contribution in [0, 0.1) is 0 Å². The van der Waals surface area contributed by atoms with Crippen LogP contribution >= 0.6 is 0 Å². The topological polar surface area (TPSA) is 24.4 Å². The molecule has 0 aliphatic heterocycles. The average molecular weight is 340 g/mol. The van der Waals surface area contributed by atoms with Crippen LogP contribution in [0.2, 0.25) is 0 Å². The van der Waals surface area contributed by atoms with Gasteiger partial charge in [-0.3, -0.25) is 0 Å². The zero-order valence-electron chi connectivity index (χ0n) is 15.6. The molecule has 26 heavy (non-hydrogen) atoms. The third kappa shape index (κ3) is 3.15. The Kier molecular flexibility index (Phi) is 4.12. The quantitative estimate of drug-likeness (QED) is 0.378. The van der Waals surface area contributed by atoms with E-state index in [0.29, 0.717) is 0 Å². The predicted molar refractivity (Wildman–Crippen MR) is 111 cm³/mol. The van der Waals surface area contributed by atoms with Crippen molar-refractivity contribution >= 4 is 6.21 Å². The maximum absolute atomic E-state index is 4.46. The summed E-state index contributed by atoms with van der Waals surface area (Å²) in [6.07, 6.45) is 2.93. The van der Waals surface area contributed by atoms with Crippen molar-refractivity contribution in [1.29, 1.82) is 0 Å². The smallest absolute Gasteiger partial charge is 0.0546 e. The molecule has 130 valence electrons. The molecule has 0 amide bonds. The fourth-order valence-electron chi connectivity index (χ4n) is 3.56. The molecule has 0 saturated heterocycles. The molecule has 0 heterocycles. The van der Waals surface area contributed by atoms with Gasteiger partial charge in [-0.15, -0.1) is 0 Å². The number of rotatable bonds is 3. The predicted octanol–water partition coefficient (Wildman–Crippen LogP) is 5.65. The van der Waals surface area contributed by atoms with Crippen molar-refractivity contribution in [1.82, 2.24) is 5.43 Å². The lowest BCUT2D eigenvalue weighted by atomic mass is 9.93. The number of hydrazone groups is 1. The van der Waals surface area contributed by atoms with Gasteiger partial charge in [0.05, 0.1) is 6.21 Å². The summed E-state index contributed by atoms with van der Waals surface area (Å²) < 4.78 is 0. The third-order valence-corrected chi connectivity index (χ3v) is 4.71. The van der Waals surface area contributed by atoms with Crippen molar-refractivity contribution in [3.63, 3.8) is 0 Å². The van der Waals surface area contributed by atoms with Crippen molar-refractivity contribution in [2.75, 3.05) is 0 Å². The van der Waals surface area contributed by atoms with Crippen molar-refractivity contribution < 1.29 is 0 Å². The molecule has 4 rings (SSSR count). The Morgan fingerprint density at radius 2 is 1.38 bits per heavy atom. The van der Waals surface area contributed by atoms with Gasteiger partial charge in [-0.2, -0.15) is 5.10 Å². The number of fused-ring (bicyclic) bond motifs is 3. The first-order valence-corrected chi connectivity index (χ1v) is 9.13. The highest BCUT2D eigenvalue weighted by atomic mass is 15.3. The molecular formula is C24H24N2. The van der Waals surface area contributed by atoms with Gasteiger partial charge in [-0.1, -0.05) is 66.7 Å². The molecule has 2 nitrogen and oxygen atoms in total. The maximum atomic E-state index is 4.46. The fraction of sp³-hybridized carbons (Fsp3) is 0.208. The van der Waals surface area contributed by atoms with Gasteiger partial charge in [0.15, 0.2) is 0 Å². The van der Waals surface area contributed by atoms with Crippen LogP contribution in [-0.2, 0) is 6.42 Å². The summed E-state index contributed by atoms with van der Waals surface area (Å²) in [4.78, 5) is 0. The number of benzene rings is 3. The van der Waals surface area contributed by atoms with E-state index in [1.807, 2.05) is 6.21 Å². The standard InChI is InChI=1S/C24H24N2/c1-24(2,3)26-25-16-18-10-5-7-12-20(18)22-14-8-13-21-19-11-6-4-9-17(19)15-23(21)22/h4-14,16,26H,15H2,1-3H3/b25-16+. The molecule has 0 radical (unpaired) electrons. The first-order valence-electron chi connectivity index (χ1n) is 9.13. The highest BCUT2D eigenvalue weighted by Gasteiger charge is 2.21. The van der Waals surface area contributed by atoms with E-state index in [4.69, 9.17) is 0 Å². The molecule has 1 aliphatic carbocycles. The summed E-state index contributed by atoms with van der Waals surface area (Å²) in [5.41, 5.74) is 12.4. The number of nitrogens with one attached hydrogen (secondary N) is 1. The second-order valence-corrected chi connectivity index (χ2v) is 7.87. The van der Waals surface area contributed by atoms with Crippen LogP contribution in [0.15, 0.2) is 71.8 Å². The summed E-state index contributed by atoms with van der Waals surface area (Å²) in [6.45, 7) is 6.33. The normalized spacial score (nSPS) is 12.9. The Bertz CT molecular complexity index is 977. The number of nitrogens with zero attached hydrogens (tertiary/aromatic N) is 1. The summed E-state index contributed by atoms with van der Waals surface area (Å²) >= 11 is 0. The largest absolute Gasteiger partial charge is 0.305 e. The van der Waals surface area contributed by atoms with Gasteiger partial charge in [-0.05, 0) is 60.6 Å². The lowest BCUT2D eigenvalue weighted by Crippen LogP contribution is -2.31. The highest BCUT2D eigenvalue weighted by molar-refractivity contribution is 5.93. The Labute approximate surface area is 155 Å². The van der Waals surface area contributed by atoms with E-state index >= 15 is 0 Å². The van der Waals surface area contributed by atoms with Crippen molar-refractivity contribution in [3.05, 3.63) is 83.4 Å². The fourth-order valence-corrected chi connectivity index (χ4v) is 3.56. The van der Waals surface area contributed by atoms with Crippen LogP contribution in [0.3, 0.4) is 0 Å². The summed E-state index contributed by atoms with van der Waals surface area (Å²) in [7, 11) is 0. The molecule has 3 aromatic rings. The van der Waals surface area contributed by atoms with Crippen LogP contribution < -0.4 is 5.43 Å². The Hall–Kier alpha value is -2.87. The highest BCUT2D eigenvalue weighted by Crippen LogP contribution is 2.41. The monoisotopic (exact) mass is 340 g/mol. The Balaban J connectivity index is 1.77. The molecule has 1 N–H and O–H groups in total. The third-order valence-electron chi connectivity index (χ3n) is 4.71. The first-order chi connectivity index (χ1) is 12.5. The van der Waals surface area contributed by atoms with E-state index in [0.717, 1.165) is 12.0 Å². The van der Waals surface area contributed by atoms with Crippen molar-refractivity contribution in [3.8, 4) is 22.3 Å². The molecule has 0 aromatic heterocycles. The van der Waals surface area contributed by atoms with E-state index in [9.17, 15) is 0 Å². The van der Waals surface area contributed by atoms with Crippen LogP contribution in [0.25, 0.3) is 22.3 Å². The molecular weight excluding hydrogens is 316 g/mol. The summed E-state index contributed by atoms with van der Waals surface area (Å²) in [5.74, 6) is 0. The summed E-state index contributed by atoms with van der Waals surface area (Å²) in [6, 6.07) is 23.8. The molecule has 0 unspecified atom stereocenters. The van der Waals surface area contributed by atoms with Crippen molar-refractivity contribution in [2.45, 2.75) is 32.7 Å². The van der Waals surface area contributed by atoms with Gasteiger partial charge in [0.1, 0.15) is 0 Å². The molecule has 0 atom stereocenters. The van der Waals surface area contributed by atoms with E-state index in [1.165, 1.54) is 33.4 Å². The minimum absolute atomic E-state index is 0.0406. The summed E-state index contributed by atoms with van der Waals surface area (Å²) in [5, 5.41) is 4.46. The van der Waals surface area contributed by atoms with Gasteiger partial charge in [0.2, 0.25) is 0 Å². The molecule has 0 fully saturated rings. The average Bonchev–Trinajstić information content (AvgIpc) is 3.00. The van der Waals surface area contributed by atoms with Crippen LogP contribution in [0.1, 0.15) is 37.5 Å². The van der Waals surface area contributed by atoms with Crippen molar-refractivity contribution in [2.24, 2.45) is 5.10 Å².